The molecule has 0 N–H and O–H groups in total. The summed E-state index contributed by atoms with van der Waals surface area (Å²) in [5, 5.41) is 0. The maximum atomic E-state index is 14.1. The standard InChI is InChI=1S/C33H33NO4/c1-2-28-29(20-18-24-12-6-3-7-13-24)38-30(21-19-25-14-8-4-9-15-25)31(28)32(35)34-27(23-37-33(34)36)22-26-16-10-5-11-17-26/h2-18,20,27-31H,1,19,21-23H2/b20-18+/t27-,28+,29-,30+,31-/m0/s1. The van der Waals surface area contributed by atoms with Crippen molar-refractivity contribution in [3.63, 3.8) is 0 Å². The molecule has 0 spiro atoms. The molecule has 0 radical (unpaired) electrons. The third kappa shape index (κ3) is 5.79. The minimum atomic E-state index is -0.580. The summed E-state index contributed by atoms with van der Waals surface area (Å²) in [5.41, 5.74) is 3.30. The van der Waals surface area contributed by atoms with Crippen LogP contribution in [0.2, 0.25) is 0 Å². The summed E-state index contributed by atoms with van der Waals surface area (Å²) in [5.74, 6) is -1.05. The SMILES string of the molecule is C=C[C@H]1[C@H](C(=O)N2C(=O)OC[C@@H]2Cc2ccccc2)[C@@H](CCc2ccccc2)O[C@H]1/C=C/c1ccccc1. The molecule has 5 nitrogen and oxygen atoms in total. The summed E-state index contributed by atoms with van der Waals surface area (Å²) >= 11 is 0. The minimum absolute atomic E-state index is 0.192. The Kier molecular flexibility index (Phi) is 8.15. The van der Waals surface area contributed by atoms with E-state index in [0.717, 1.165) is 17.5 Å². The molecule has 194 valence electrons. The quantitative estimate of drug-likeness (QED) is 0.328. The first-order chi connectivity index (χ1) is 18.6. The number of ether oxygens (including phenoxy) is 2. The lowest BCUT2D eigenvalue weighted by Gasteiger charge is -2.27. The van der Waals surface area contributed by atoms with Gasteiger partial charge >= 0.3 is 6.09 Å². The van der Waals surface area contributed by atoms with Gasteiger partial charge in [-0.15, -0.1) is 6.58 Å². The monoisotopic (exact) mass is 507 g/mol. The van der Waals surface area contributed by atoms with Gasteiger partial charge in [-0.1, -0.05) is 109 Å². The van der Waals surface area contributed by atoms with Gasteiger partial charge in [0.1, 0.15) is 6.61 Å². The van der Waals surface area contributed by atoms with Crippen molar-refractivity contribution in [3.05, 3.63) is 126 Å². The number of hydrogen-bond donors (Lipinski definition) is 0. The van der Waals surface area contributed by atoms with Crippen molar-refractivity contribution in [2.45, 2.75) is 37.5 Å². The molecule has 0 aromatic heterocycles. The Morgan fingerprint density at radius 3 is 2.21 bits per heavy atom. The summed E-state index contributed by atoms with van der Waals surface area (Å²) in [4.78, 5) is 28.3. The molecule has 0 saturated carbocycles. The number of aryl methyl sites for hydroxylation is 1. The maximum Gasteiger partial charge on any atom is 0.416 e. The normalized spacial score (nSPS) is 25.0. The Hall–Kier alpha value is -3.96. The van der Waals surface area contributed by atoms with Crippen molar-refractivity contribution < 1.29 is 19.1 Å². The van der Waals surface area contributed by atoms with E-state index in [1.807, 2.05) is 91.0 Å². The summed E-state index contributed by atoms with van der Waals surface area (Å²) in [6, 6.07) is 29.7. The van der Waals surface area contributed by atoms with Crippen LogP contribution in [0.5, 0.6) is 0 Å². The first-order valence-corrected chi connectivity index (χ1v) is 13.2. The van der Waals surface area contributed by atoms with E-state index in [2.05, 4.69) is 18.7 Å². The van der Waals surface area contributed by atoms with E-state index in [1.165, 1.54) is 10.5 Å². The molecule has 5 atom stereocenters. The van der Waals surface area contributed by atoms with Gasteiger partial charge in [-0.25, -0.2) is 9.69 Å². The predicted octanol–water partition coefficient (Wildman–Crippen LogP) is 6.11. The second-order valence-electron chi connectivity index (χ2n) is 9.90. The summed E-state index contributed by atoms with van der Waals surface area (Å²) in [6.45, 7) is 4.26. The van der Waals surface area contributed by atoms with Gasteiger partial charge in [-0.05, 0) is 36.0 Å². The van der Waals surface area contributed by atoms with Crippen LogP contribution in [0, 0.1) is 11.8 Å². The molecule has 2 saturated heterocycles. The number of carbonyl (C=O) groups is 2. The fourth-order valence-electron chi connectivity index (χ4n) is 5.51. The van der Waals surface area contributed by atoms with Gasteiger partial charge in [0.25, 0.3) is 0 Å². The van der Waals surface area contributed by atoms with Crippen molar-refractivity contribution in [1.29, 1.82) is 0 Å². The third-order valence-electron chi connectivity index (χ3n) is 7.43. The average molecular weight is 508 g/mol. The molecular weight excluding hydrogens is 474 g/mol. The van der Waals surface area contributed by atoms with E-state index in [-0.39, 0.29) is 36.7 Å². The smallest absolute Gasteiger partial charge is 0.416 e. The van der Waals surface area contributed by atoms with Gasteiger partial charge in [0.15, 0.2) is 0 Å². The van der Waals surface area contributed by atoms with Gasteiger partial charge in [-0.3, -0.25) is 4.79 Å². The maximum absolute atomic E-state index is 14.1. The van der Waals surface area contributed by atoms with Gasteiger partial charge in [-0.2, -0.15) is 0 Å². The molecule has 3 aromatic rings. The molecule has 0 aliphatic carbocycles. The predicted molar refractivity (Wildman–Crippen MR) is 148 cm³/mol. The van der Waals surface area contributed by atoms with Crippen LogP contribution in [0.15, 0.2) is 110 Å². The lowest BCUT2D eigenvalue weighted by atomic mass is 9.83. The van der Waals surface area contributed by atoms with Crippen LogP contribution in [0.25, 0.3) is 6.08 Å². The Labute approximate surface area is 224 Å². The Morgan fingerprint density at radius 2 is 1.55 bits per heavy atom. The molecule has 2 fully saturated rings. The highest BCUT2D eigenvalue weighted by atomic mass is 16.6. The van der Waals surface area contributed by atoms with E-state index in [4.69, 9.17) is 9.47 Å². The highest BCUT2D eigenvalue weighted by Crippen LogP contribution is 2.39. The molecule has 0 bridgehead atoms. The lowest BCUT2D eigenvalue weighted by molar-refractivity contribution is -0.136. The molecule has 2 aliphatic rings. The Balaban J connectivity index is 1.40. The summed E-state index contributed by atoms with van der Waals surface area (Å²) < 4.78 is 11.9. The van der Waals surface area contributed by atoms with Crippen molar-refractivity contribution in [2.24, 2.45) is 11.8 Å². The number of imide groups is 1. The van der Waals surface area contributed by atoms with Crippen LogP contribution in [0.4, 0.5) is 4.79 Å². The van der Waals surface area contributed by atoms with Gasteiger partial charge < -0.3 is 9.47 Å². The van der Waals surface area contributed by atoms with Crippen molar-refractivity contribution in [2.75, 3.05) is 6.61 Å². The number of hydrogen-bond acceptors (Lipinski definition) is 4. The molecule has 38 heavy (non-hydrogen) atoms. The number of amides is 2. The molecule has 0 unspecified atom stereocenters. The van der Waals surface area contributed by atoms with Crippen molar-refractivity contribution in [3.8, 4) is 0 Å². The topological polar surface area (TPSA) is 55.8 Å². The lowest BCUT2D eigenvalue weighted by Crippen LogP contribution is -2.47. The number of carbonyl (C=O) groups excluding carboxylic acids is 2. The second kappa shape index (κ2) is 12.1. The zero-order chi connectivity index (χ0) is 26.3. The molecule has 2 amide bonds. The molecule has 3 aromatic carbocycles. The largest absolute Gasteiger partial charge is 0.447 e. The average Bonchev–Trinajstić information content (AvgIpc) is 3.51. The third-order valence-corrected chi connectivity index (χ3v) is 7.43. The molecule has 5 heteroatoms. The van der Waals surface area contributed by atoms with Gasteiger partial charge in [0, 0.05) is 5.92 Å². The van der Waals surface area contributed by atoms with Crippen LogP contribution in [-0.2, 0) is 27.1 Å². The second-order valence-corrected chi connectivity index (χ2v) is 9.90. The molecule has 5 rings (SSSR count). The van der Waals surface area contributed by atoms with Crippen molar-refractivity contribution in [1.82, 2.24) is 4.90 Å². The van der Waals surface area contributed by atoms with E-state index in [0.29, 0.717) is 12.8 Å². The van der Waals surface area contributed by atoms with Gasteiger partial charge in [0.2, 0.25) is 5.91 Å². The van der Waals surface area contributed by atoms with E-state index < -0.39 is 12.0 Å². The van der Waals surface area contributed by atoms with Gasteiger partial charge in [0.05, 0.1) is 24.2 Å². The zero-order valence-corrected chi connectivity index (χ0v) is 21.4. The minimum Gasteiger partial charge on any atom is -0.447 e. The first-order valence-electron chi connectivity index (χ1n) is 13.2. The first kappa shape index (κ1) is 25.7. The Morgan fingerprint density at radius 1 is 0.921 bits per heavy atom. The fraction of sp³-hybridized carbons (Fsp3) is 0.273. The zero-order valence-electron chi connectivity index (χ0n) is 21.4. The van der Waals surface area contributed by atoms with E-state index in [1.54, 1.807) is 6.08 Å². The fourth-order valence-corrected chi connectivity index (χ4v) is 5.51. The Bertz CT molecular complexity index is 1260. The van der Waals surface area contributed by atoms with E-state index in [9.17, 15) is 9.59 Å². The number of benzene rings is 3. The van der Waals surface area contributed by atoms with Crippen LogP contribution in [0.3, 0.4) is 0 Å². The van der Waals surface area contributed by atoms with Crippen LogP contribution >= 0.6 is 0 Å². The number of cyclic esters (lactones) is 1. The highest BCUT2D eigenvalue weighted by molar-refractivity contribution is 5.95. The molecule has 2 aliphatic heterocycles. The number of nitrogens with zero attached hydrogens (tertiary/aromatic N) is 1. The van der Waals surface area contributed by atoms with Crippen LogP contribution in [-0.4, -0.2) is 41.8 Å². The number of rotatable bonds is 9. The molecule has 2 heterocycles. The van der Waals surface area contributed by atoms with Crippen molar-refractivity contribution >= 4 is 18.1 Å². The summed E-state index contributed by atoms with van der Waals surface area (Å²) in [6.07, 6.45) is 6.55. The van der Waals surface area contributed by atoms with Crippen LogP contribution in [0.1, 0.15) is 23.1 Å². The van der Waals surface area contributed by atoms with Crippen LogP contribution < -0.4 is 0 Å². The van der Waals surface area contributed by atoms with E-state index >= 15 is 0 Å². The summed E-state index contributed by atoms with van der Waals surface area (Å²) in [7, 11) is 0. The molecular formula is C33H33NO4. The highest BCUT2D eigenvalue weighted by Gasteiger charge is 2.51.